The highest BCUT2D eigenvalue weighted by Crippen LogP contribution is 2.25. The maximum absolute atomic E-state index is 9.41. The van der Waals surface area contributed by atoms with Gasteiger partial charge >= 0.3 is 0 Å². The summed E-state index contributed by atoms with van der Waals surface area (Å²) in [6, 6.07) is 17.6. The molecule has 0 amide bonds. The Morgan fingerprint density at radius 2 is 1.86 bits per heavy atom. The normalized spacial score (nSPS) is 10.3. The van der Waals surface area contributed by atoms with Crippen LogP contribution in [0.25, 0.3) is 0 Å². The van der Waals surface area contributed by atoms with E-state index in [0.29, 0.717) is 28.1 Å². The number of nitriles is 1. The number of nitrogens with two attached hydrogens (primary N) is 1. The molecule has 0 radical (unpaired) electrons. The third kappa shape index (κ3) is 4.93. The highest BCUT2D eigenvalue weighted by molar-refractivity contribution is 7.98. The van der Waals surface area contributed by atoms with Gasteiger partial charge in [-0.05, 0) is 24.6 Å². The average Bonchev–Trinajstić information content (AvgIpc) is 2.72. The standard InChI is InChI=1S/C21H20N4O2S/c1-14-6-8-15(9-7-14)13-28-21-24-19(18(11-22)20(23)25-21)12-27-17-5-3-4-16(10-17)26-2/h3-10H,12-13H2,1-2H3,(H2,23,24,25). The van der Waals surface area contributed by atoms with Gasteiger partial charge in [-0.15, -0.1) is 0 Å². The number of aromatic nitrogens is 2. The van der Waals surface area contributed by atoms with Crippen LogP contribution in [-0.4, -0.2) is 17.1 Å². The highest BCUT2D eigenvalue weighted by atomic mass is 32.2. The molecule has 1 heterocycles. The van der Waals surface area contributed by atoms with Crippen molar-refractivity contribution in [1.29, 1.82) is 5.26 Å². The van der Waals surface area contributed by atoms with Crippen LogP contribution in [0.15, 0.2) is 53.7 Å². The first kappa shape index (κ1) is 19.5. The molecule has 7 heteroatoms. The van der Waals surface area contributed by atoms with Gasteiger partial charge in [-0.3, -0.25) is 0 Å². The summed E-state index contributed by atoms with van der Waals surface area (Å²) in [7, 11) is 1.59. The number of nitrogens with zero attached hydrogens (tertiary/aromatic N) is 3. The first-order chi connectivity index (χ1) is 13.6. The van der Waals surface area contributed by atoms with E-state index in [2.05, 4.69) is 47.2 Å². The Morgan fingerprint density at radius 3 is 2.57 bits per heavy atom. The summed E-state index contributed by atoms with van der Waals surface area (Å²) in [6.45, 7) is 2.16. The number of methoxy groups -OCH3 is 1. The molecule has 0 fully saturated rings. The zero-order chi connectivity index (χ0) is 19.9. The largest absolute Gasteiger partial charge is 0.497 e. The third-order valence-electron chi connectivity index (χ3n) is 4.01. The van der Waals surface area contributed by atoms with Crippen LogP contribution >= 0.6 is 11.8 Å². The molecule has 3 aromatic rings. The lowest BCUT2D eigenvalue weighted by Gasteiger charge is -2.11. The summed E-state index contributed by atoms with van der Waals surface area (Å²) in [6.07, 6.45) is 0. The van der Waals surface area contributed by atoms with E-state index >= 15 is 0 Å². The third-order valence-corrected chi connectivity index (χ3v) is 4.93. The van der Waals surface area contributed by atoms with Crippen molar-refractivity contribution in [2.75, 3.05) is 12.8 Å². The zero-order valence-corrected chi connectivity index (χ0v) is 16.5. The second-order valence-electron chi connectivity index (χ2n) is 6.07. The van der Waals surface area contributed by atoms with Crippen LogP contribution in [0.5, 0.6) is 11.5 Å². The van der Waals surface area contributed by atoms with Crippen molar-refractivity contribution >= 4 is 17.6 Å². The second-order valence-corrected chi connectivity index (χ2v) is 7.01. The minimum absolute atomic E-state index is 0.112. The predicted molar refractivity (Wildman–Crippen MR) is 109 cm³/mol. The summed E-state index contributed by atoms with van der Waals surface area (Å²) < 4.78 is 11.0. The highest BCUT2D eigenvalue weighted by Gasteiger charge is 2.14. The minimum atomic E-state index is 0.112. The number of nitrogen functional groups attached to an aromatic ring is 1. The Morgan fingerprint density at radius 1 is 1.11 bits per heavy atom. The van der Waals surface area contributed by atoms with Gasteiger partial charge in [0, 0.05) is 11.8 Å². The molecule has 0 bridgehead atoms. The molecule has 0 spiro atoms. The molecule has 6 nitrogen and oxygen atoms in total. The SMILES string of the molecule is COc1cccc(OCc2nc(SCc3ccc(C)cc3)nc(N)c2C#N)c1. The zero-order valence-electron chi connectivity index (χ0n) is 15.7. The number of anilines is 1. The van der Waals surface area contributed by atoms with E-state index < -0.39 is 0 Å². The van der Waals surface area contributed by atoms with Crippen LogP contribution in [-0.2, 0) is 12.4 Å². The smallest absolute Gasteiger partial charge is 0.190 e. The summed E-state index contributed by atoms with van der Waals surface area (Å²) in [5, 5.41) is 9.93. The molecule has 0 saturated heterocycles. The Bertz CT molecular complexity index is 1000. The van der Waals surface area contributed by atoms with E-state index in [1.165, 1.54) is 17.3 Å². The van der Waals surface area contributed by atoms with Crippen LogP contribution in [0.3, 0.4) is 0 Å². The van der Waals surface area contributed by atoms with Crippen molar-refractivity contribution in [2.45, 2.75) is 24.4 Å². The fourth-order valence-electron chi connectivity index (χ4n) is 2.47. The van der Waals surface area contributed by atoms with E-state index in [1.54, 1.807) is 13.2 Å². The van der Waals surface area contributed by atoms with Gasteiger partial charge in [0.15, 0.2) is 5.16 Å². The molecule has 0 aliphatic heterocycles. The van der Waals surface area contributed by atoms with Gasteiger partial charge in [0.05, 0.1) is 7.11 Å². The molecule has 2 aromatic carbocycles. The van der Waals surface area contributed by atoms with Gasteiger partial charge in [-0.2, -0.15) is 5.26 Å². The molecule has 0 unspecified atom stereocenters. The topological polar surface area (TPSA) is 94.1 Å². The van der Waals surface area contributed by atoms with Crippen LogP contribution in [0, 0.1) is 18.3 Å². The van der Waals surface area contributed by atoms with Gasteiger partial charge in [0.1, 0.15) is 41.3 Å². The number of ether oxygens (including phenoxy) is 2. The fourth-order valence-corrected chi connectivity index (χ4v) is 3.29. The van der Waals surface area contributed by atoms with Gasteiger partial charge in [0.25, 0.3) is 0 Å². The average molecular weight is 392 g/mol. The number of hydrogen-bond donors (Lipinski definition) is 1. The van der Waals surface area contributed by atoms with Crippen molar-refractivity contribution < 1.29 is 9.47 Å². The Kier molecular flexibility index (Phi) is 6.35. The molecule has 0 atom stereocenters. The number of thioether (sulfide) groups is 1. The molecule has 0 aliphatic carbocycles. The van der Waals surface area contributed by atoms with Crippen LogP contribution in [0.4, 0.5) is 5.82 Å². The molecular formula is C21H20N4O2S. The van der Waals surface area contributed by atoms with Gasteiger partial charge in [0.2, 0.25) is 0 Å². The molecule has 3 rings (SSSR count). The molecule has 142 valence electrons. The second kappa shape index (κ2) is 9.11. The van der Waals surface area contributed by atoms with Crippen molar-refractivity contribution in [3.05, 3.63) is 70.9 Å². The predicted octanol–water partition coefficient (Wildman–Crippen LogP) is 4.12. The molecule has 0 aliphatic rings. The van der Waals surface area contributed by atoms with E-state index in [4.69, 9.17) is 15.2 Å². The van der Waals surface area contributed by atoms with Crippen molar-refractivity contribution in [1.82, 2.24) is 9.97 Å². The number of aryl methyl sites for hydroxylation is 1. The summed E-state index contributed by atoms with van der Waals surface area (Å²) in [4.78, 5) is 8.74. The van der Waals surface area contributed by atoms with Crippen LogP contribution in [0.2, 0.25) is 0 Å². The lowest BCUT2D eigenvalue weighted by Crippen LogP contribution is -2.08. The van der Waals surface area contributed by atoms with Crippen molar-refractivity contribution in [3.63, 3.8) is 0 Å². The van der Waals surface area contributed by atoms with E-state index in [1.807, 2.05) is 18.2 Å². The first-order valence-electron chi connectivity index (χ1n) is 8.60. The number of benzene rings is 2. The Balaban J connectivity index is 1.75. The van der Waals surface area contributed by atoms with Crippen LogP contribution < -0.4 is 15.2 Å². The van der Waals surface area contributed by atoms with Crippen molar-refractivity contribution in [2.24, 2.45) is 0 Å². The van der Waals surface area contributed by atoms with Gasteiger partial charge < -0.3 is 15.2 Å². The quantitative estimate of drug-likeness (QED) is 0.477. The van der Waals surface area contributed by atoms with E-state index in [0.717, 1.165) is 5.56 Å². The number of rotatable bonds is 7. The monoisotopic (exact) mass is 392 g/mol. The van der Waals surface area contributed by atoms with Crippen LogP contribution in [0.1, 0.15) is 22.4 Å². The molecular weight excluding hydrogens is 372 g/mol. The first-order valence-corrected chi connectivity index (χ1v) is 9.59. The summed E-state index contributed by atoms with van der Waals surface area (Å²) >= 11 is 1.47. The van der Waals surface area contributed by atoms with Gasteiger partial charge in [-0.1, -0.05) is 47.7 Å². The number of hydrogen-bond acceptors (Lipinski definition) is 7. The molecule has 0 saturated carbocycles. The molecule has 28 heavy (non-hydrogen) atoms. The Hall–Kier alpha value is -3.24. The fraction of sp³-hybridized carbons (Fsp3) is 0.190. The molecule has 2 N–H and O–H groups in total. The lowest BCUT2D eigenvalue weighted by atomic mass is 10.2. The summed E-state index contributed by atoms with van der Waals surface area (Å²) in [5.41, 5.74) is 9.05. The lowest BCUT2D eigenvalue weighted by molar-refractivity contribution is 0.297. The molecule has 1 aromatic heterocycles. The summed E-state index contributed by atoms with van der Waals surface area (Å²) in [5.74, 6) is 2.18. The van der Waals surface area contributed by atoms with E-state index in [-0.39, 0.29) is 18.0 Å². The van der Waals surface area contributed by atoms with Crippen molar-refractivity contribution in [3.8, 4) is 17.6 Å². The Labute approximate surface area is 168 Å². The maximum Gasteiger partial charge on any atom is 0.190 e. The maximum atomic E-state index is 9.41. The minimum Gasteiger partial charge on any atom is -0.497 e. The van der Waals surface area contributed by atoms with E-state index in [9.17, 15) is 5.26 Å². The van der Waals surface area contributed by atoms with Gasteiger partial charge in [-0.25, -0.2) is 9.97 Å².